The van der Waals surface area contributed by atoms with Crippen LogP contribution in [0.1, 0.15) is 27.2 Å². The summed E-state index contributed by atoms with van der Waals surface area (Å²) in [4.78, 5) is 13.1. The molecule has 4 nitrogen and oxygen atoms in total. The summed E-state index contributed by atoms with van der Waals surface area (Å²) in [5, 5.41) is 2.55. The Hall–Kier alpha value is -1.36. The van der Waals surface area contributed by atoms with Crippen molar-refractivity contribution in [1.82, 2.24) is 10.2 Å². The highest BCUT2D eigenvalue weighted by Crippen LogP contribution is 2.42. The first-order chi connectivity index (χ1) is 8.37. The molecule has 0 aliphatic carbocycles. The Bertz CT molecular complexity index is 406. The Kier molecular flexibility index (Phi) is 3.19. The summed E-state index contributed by atoms with van der Waals surface area (Å²) in [6.45, 7) is 8.89. The third-order valence-electron chi connectivity index (χ3n) is 3.83. The van der Waals surface area contributed by atoms with E-state index in [0.29, 0.717) is 5.70 Å². The van der Waals surface area contributed by atoms with Crippen LogP contribution in [0.15, 0.2) is 24.6 Å². The Labute approximate surface area is 106 Å². The van der Waals surface area contributed by atoms with Crippen molar-refractivity contribution < 1.29 is 13.9 Å². The molecule has 2 aliphatic heterocycles. The molecular weight excluding hydrogens is 235 g/mol. The highest BCUT2D eigenvalue weighted by molar-refractivity contribution is 5.79. The van der Waals surface area contributed by atoms with Crippen LogP contribution in [0.5, 0.6) is 0 Å². The topological polar surface area (TPSA) is 41.6 Å². The fourth-order valence-electron chi connectivity index (χ4n) is 2.46. The molecule has 0 saturated carbocycles. The molecule has 0 radical (unpaired) electrons. The molecule has 1 fully saturated rings. The second-order valence-corrected chi connectivity index (χ2v) is 5.05. The van der Waals surface area contributed by atoms with E-state index in [2.05, 4.69) is 11.9 Å². The fourth-order valence-corrected chi connectivity index (χ4v) is 2.46. The van der Waals surface area contributed by atoms with Gasteiger partial charge in [0, 0.05) is 17.8 Å². The number of rotatable bonds is 2. The van der Waals surface area contributed by atoms with Gasteiger partial charge in [0.15, 0.2) is 11.9 Å². The van der Waals surface area contributed by atoms with Gasteiger partial charge >= 0.3 is 6.03 Å². The van der Waals surface area contributed by atoms with E-state index in [1.807, 2.05) is 13.8 Å². The Balaban J connectivity index is 2.26. The van der Waals surface area contributed by atoms with Crippen molar-refractivity contribution in [2.24, 2.45) is 5.92 Å². The predicted molar refractivity (Wildman–Crippen MR) is 66.3 cm³/mol. The maximum Gasteiger partial charge on any atom is 0.328 e. The number of hydrogen-bond donors (Lipinski definition) is 1. The lowest BCUT2D eigenvalue weighted by Crippen LogP contribution is -2.52. The second kappa shape index (κ2) is 4.39. The van der Waals surface area contributed by atoms with Crippen LogP contribution in [0, 0.1) is 5.92 Å². The summed E-state index contributed by atoms with van der Waals surface area (Å²) in [6, 6.07) is -0.402. The molecule has 0 bridgehead atoms. The number of allylic oxidation sites excluding steroid dienone is 1. The van der Waals surface area contributed by atoms with Gasteiger partial charge in [0.1, 0.15) is 0 Å². The maximum atomic E-state index is 14.8. The first kappa shape index (κ1) is 13.1. The zero-order valence-corrected chi connectivity index (χ0v) is 10.9. The molecule has 2 aliphatic rings. The lowest BCUT2D eigenvalue weighted by atomic mass is 9.88. The summed E-state index contributed by atoms with van der Waals surface area (Å²) >= 11 is 0. The lowest BCUT2D eigenvalue weighted by molar-refractivity contribution is -0.0630. The highest BCUT2D eigenvalue weighted by atomic mass is 19.1. The van der Waals surface area contributed by atoms with E-state index >= 15 is 0 Å². The molecule has 2 rings (SSSR count). The van der Waals surface area contributed by atoms with Gasteiger partial charge in [0.2, 0.25) is 0 Å². The molecule has 1 saturated heterocycles. The minimum Gasteiger partial charge on any atom is -0.351 e. The highest BCUT2D eigenvalue weighted by Gasteiger charge is 2.54. The molecule has 0 spiro atoms. The molecule has 0 aromatic rings. The number of hydrogen-bond acceptors (Lipinski definition) is 2. The van der Waals surface area contributed by atoms with E-state index in [0.717, 1.165) is 6.42 Å². The molecule has 1 N–H and O–H groups in total. The zero-order valence-electron chi connectivity index (χ0n) is 10.9. The number of ether oxygens (including phenoxy) is 1. The Morgan fingerprint density at radius 3 is 2.83 bits per heavy atom. The molecule has 0 aromatic carbocycles. The molecule has 2 heterocycles. The van der Waals surface area contributed by atoms with Crippen LogP contribution < -0.4 is 5.32 Å². The number of carbonyl (C=O) groups excluding carboxylic acids is 1. The number of amides is 2. The third-order valence-corrected chi connectivity index (χ3v) is 3.83. The minimum absolute atomic E-state index is 0.170. The summed E-state index contributed by atoms with van der Waals surface area (Å²) in [5.74, 6) is -0.251. The van der Waals surface area contributed by atoms with Gasteiger partial charge < -0.3 is 10.1 Å². The van der Waals surface area contributed by atoms with Crippen LogP contribution >= 0.6 is 0 Å². The van der Waals surface area contributed by atoms with Crippen LogP contribution in [0.25, 0.3) is 0 Å². The lowest BCUT2D eigenvalue weighted by Gasteiger charge is -2.34. The second-order valence-electron chi connectivity index (χ2n) is 5.05. The monoisotopic (exact) mass is 254 g/mol. The standard InChI is InChI=1S/C13H19FN2O2/c1-5-10-9(3)13(4,14)11(18-10)16-7-6-8(2)15-12(16)17/h6-7,9-11H,2,5H2,1,3-4H3,(H,15,17)/t9-,10-,11-,13-/m1/s1. The van der Waals surface area contributed by atoms with E-state index in [9.17, 15) is 9.18 Å². The number of halogens is 1. The molecule has 100 valence electrons. The molecular formula is C13H19FN2O2. The van der Waals surface area contributed by atoms with Crippen LogP contribution in [-0.2, 0) is 4.74 Å². The van der Waals surface area contributed by atoms with Crippen LogP contribution in [0.4, 0.5) is 9.18 Å². The first-order valence-electron chi connectivity index (χ1n) is 6.18. The molecule has 0 aromatic heterocycles. The normalized spacial score (nSPS) is 40.2. The first-order valence-corrected chi connectivity index (χ1v) is 6.18. The third kappa shape index (κ3) is 1.92. The quantitative estimate of drug-likeness (QED) is 0.822. The molecule has 0 unspecified atom stereocenters. The number of nitrogens with one attached hydrogen (secondary N) is 1. The van der Waals surface area contributed by atoms with Crippen molar-refractivity contribution in [2.75, 3.05) is 0 Å². The van der Waals surface area contributed by atoms with Crippen molar-refractivity contribution in [3.63, 3.8) is 0 Å². The van der Waals surface area contributed by atoms with E-state index in [1.54, 1.807) is 6.08 Å². The Morgan fingerprint density at radius 2 is 2.33 bits per heavy atom. The summed E-state index contributed by atoms with van der Waals surface area (Å²) in [6.07, 6.45) is 2.82. The van der Waals surface area contributed by atoms with Gasteiger partial charge in [0.05, 0.1) is 6.10 Å². The average molecular weight is 254 g/mol. The van der Waals surface area contributed by atoms with Gasteiger partial charge in [-0.1, -0.05) is 20.4 Å². The van der Waals surface area contributed by atoms with Crippen LogP contribution in [0.3, 0.4) is 0 Å². The number of alkyl halides is 1. The summed E-state index contributed by atoms with van der Waals surface area (Å²) in [5.41, 5.74) is -1.07. The molecule has 2 amide bonds. The predicted octanol–water partition coefficient (Wildman–Crippen LogP) is 2.54. The van der Waals surface area contributed by atoms with Crippen LogP contribution in [0.2, 0.25) is 0 Å². The van der Waals surface area contributed by atoms with Crippen molar-refractivity contribution >= 4 is 6.03 Å². The minimum atomic E-state index is -1.57. The summed E-state index contributed by atoms with van der Waals surface area (Å²) in [7, 11) is 0. The summed E-state index contributed by atoms with van der Waals surface area (Å²) < 4.78 is 20.5. The van der Waals surface area contributed by atoms with Crippen LogP contribution in [-0.4, -0.2) is 28.9 Å². The van der Waals surface area contributed by atoms with E-state index in [-0.39, 0.29) is 12.0 Å². The fraction of sp³-hybridized carbons (Fsp3) is 0.615. The molecule has 18 heavy (non-hydrogen) atoms. The number of nitrogens with zero attached hydrogens (tertiary/aromatic N) is 1. The van der Waals surface area contributed by atoms with Crippen molar-refractivity contribution in [3.8, 4) is 0 Å². The van der Waals surface area contributed by atoms with Gasteiger partial charge in [-0.25, -0.2) is 9.18 Å². The average Bonchev–Trinajstić information content (AvgIpc) is 2.52. The van der Waals surface area contributed by atoms with E-state index in [4.69, 9.17) is 4.74 Å². The van der Waals surface area contributed by atoms with Crippen molar-refractivity contribution in [2.45, 2.75) is 45.2 Å². The maximum absolute atomic E-state index is 14.8. The Morgan fingerprint density at radius 1 is 1.67 bits per heavy atom. The van der Waals surface area contributed by atoms with Gasteiger partial charge in [-0.05, 0) is 19.4 Å². The van der Waals surface area contributed by atoms with Gasteiger partial charge in [-0.15, -0.1) is 0 Å². The largest absolute Gasteiger partial charge is 0.351 e. The number of carbonyl (C=O) groups is 1. The smallest absolute Gasteiger partial charge is 0.328 e. The van der Waals surface area contributed by atoms with Crippen molar-refractivity contribution in [3.05, 3.63) is 24.6 Å². The van der Waals surface area contributed by atoms with Gasteiger partial charge in [-0.3, -0.25) is 4.90 Å². The molecule has 4 atom stereocenters. The van der Waals surface area contributed by atoms with Crippen molar-refractivity contribution in [1.29, 1.82) is 0 Å². The van der Waals surface area contributed by atoms with Gasteiger partial charge in [0.25, 0.3) is 0 Å². The number of urea groups is 1. The molecule has 5 heteroatoms. The van der Waals surface area contributed by atoms with E-state index < -0.39 is 17.9 Å². The zero-order chi connectivity index (χ0) is 13.5. The SMILES string of the molecule is C=C1C=CN([C@@H]2O[C@H](CC)[C@@H](C)[C@@]2(C)F)C(=O)N1. The van der Waals surface area contributed by atoms with Gasteiger partial charge in [-0.2, -0.15) is 0 Å². The van der Waals surface area contributed by atoms with E-state index in [1.165, 1.54) is 18.0 Å².